The zero-order valence-electron chi connectivity index (χ0n) is 12.7. The van der Waals surface area contributed by atoms with Crippen LogP contribution in [0.25, 0.3) is 0 Å². The highest BCUT2D eigenvalue weighted by atomic mass is 16.2. The Bertz CT molecular complexity index is 514. The fourth-order valence-corrected chi connectivity index (χ4v) is 3.43. The minimum atomic E-state index is 0.321. The van der Waals surface area contributed by atoms with Gasteiger partial charge in [-0.1, -0.05) is 12.2 Å². The van der Waals surface area contributed by atoms with Gasteiger partial charge >= 0.3 is 0 Å². The van der Waals surface area contributed by atoms with Crippen molar-refractivity contribution in [1.29, 1.82) is 0 Å². The standard InChI is InChI=1S/C16H24N4O/c1-2-19-12-17-18-16(19)14-7-9-20(10-8-14)15(21)11-13-5-3-4-6-13/h3,5,12-14H,2,4,6-11H2,1H3/t13-/m1/s1. The van der Waals surface area contributed by atoms with Gasteiger partial charge in [0.2, 0.25) is 5.91 Å². The Labute approximate surface area is 126 Å². The van der Waals surface area contributed by atoms with Gasteiger partial charge in [0.25, 0.3) is 0 Å². The molecule has 0 radical (unpaired) electrons. The zero-order valence-corrected chi connectivity index (χ0v) is 12.7. The smallest absolute Gasteiger partial charge is 0.223 e. The second-order valence-electron chi connectivity index (χ2n) is 6.10. The first-order valence-corrected chi connectivity index (χ1v) is 8.10. The van der Waals surface area contributed by atoms with Gasteiger partial charge in [-0.25, -0.2) is 0 Å². The largest absolute Gasteiger partial charge is 0.343 e. The van der Waals surface area contributed by atoms with E-state index in [1.54, 1.807) is 6.33 Å². The molecule has 2 heterocycles. The Hall–Kier alpha value is -1.65. The molecule has 1 saturated heterocycles. The van der Waals surface area contributed by atoms with Gasteiger partial charge < -0.3 is 9.47 Å². The van der Waals surface area contributed by atoms with Crippen LogP contribution in [0.2, 0.25) is 0 Å². The lowest BCUT2D eigenvalue weighted by Crippen LogP contribution is -2.39. The Morgan fingerprint density at radius 1 is 1.33 bits per heavy atom. The number of amides is 1. The van der Waals surface area contributed by atoms with Crippen LogP contribution in [0, 0.1) is 5.92 Å². The number of carbonyl (C=O) groups excluding carboxylic acids is 1. The van der Waals surface area contributed by atoms with Crippen LogP contribution in [0.1, 0.15) is 50.8 Å². The van der Waals surface area contributed by atoms with Crippen molar-refractivity contribution in [1.82, 2.24) is 19.7 Å². The van der Waals surface area contributed by atoms with Crippen molar-refractivity contribution >= 4 is 5.91 Å². The lowest BCUT2D eigenvalue weighted by atomic mass is 9.95. The first kappa shape index (κ1) is 14.3. The molecule has 0 spiro atoms. The summed E-state index contributed by atoms with van der Waals surface area (Å²) in [7, 11) is 0. The third kappa shape index (κ3) is 3.17. The van der Waals surface area contributed by atoms with Crippen molar-refractivity contribution < 1.29 is 4.79 Å². The van der Waals surface area contributed by atoms with Crippen LogP contribution < -0.4 is 0 Å². The summed E-state index contributed by atoms with van der Waals surface area (Å²) in [5.74, 6) is 2.33. The van der Waals surface area contributed by atoms with E-state index >= 15 is 0 Å². The summed E-state index contributed by atoms with van der Waals surface area (Å²) in [6.07, 6.45) is 11.2. The normalized spacial score (nSPS) is 22.9. The van der Waals surface area contributed by atoms with Crippen LogP contribution in [0.4, 0.5) is 0 Å². The summed E-state index contributed by atoms with van der Waals surface area (Å²) in [6, 6.07) is 0. The van der Waals surface area contributed by atoms with Gasteiger partial charge in [0.1, 0.15) is 12.2 Å². The first-order valence-electron chi connectivity index (χ1n) is 8.10. The average molecular weight is 288 g/mol. The Morgan fingerprint density at radius 3 is 2.81 bits per heavy atom. The van der Waals surface area contributed by atoms with Crippen LogP contribution in [-0.4, -0.2) is 38.7 Å². The number of rotatable bonds is 4. The third-order valence-electron chi connectivity index (χ3n) is 4.75. The molecule has 1 aromatic heterocycles. The van der Waals surface area contributed by atoms with Gasteiger partial charge in [0.15, 0.2) is 0 Å². The number of aromatic nitrogens is 3. The number of nitrogens with zero attached hydrogens (tertiary/aromatic N) is 4. The van der Waals surface area contributed by atoms with Crippen LogP contribution in [0.3, 0.4) is 0 Å². The molecule has 0 aromatic carbocycles. The summed E-state index contributed by atoms with van der Waals surface area (Å²) in [6.45, 7) is 4.74. The molecular formula is C16H24N4O. The van der Waals surface area contributed by atoms with E-state index in [0.29, 0.717) is 24.2 Å². The lowest BCUT2D eigenvalue weighted by Gasteiger charge is -2.32. The topological polar surface area (TPSA) is 51.0 Å². The van der Waals surface area contributed by atoms with Crippen molar-refractivity contribution in [3.63, 3.8) is 0 Å². The van der Waals surface area contributed by atoms with Gasteiger partial charge in [-0.05, 0) is 38.5 Å². The molecule has 1 atom stereocenters. The minimum Gasteiger partial charge on any atom is -0.343 e. The number of allylic oxidation sites excluding steroid dienone is 2. The quantitative estimate of drug-likeness (QED) is 0.799. The van der Waals surface area contributed by atoms with Crippen LogP contribution in [-0.2, 0) is 11.3 Å². The highest BCUT2D eigenvalue weighted by Gasteiger charge is 2.27. The molecule has 0 unspecified atom stereocenters. The second-order valence-corrected chi connectivity index (χ2v) is 6.10. The fraction of sp³-hybridized carbons (Fsp3) is 0.688. The molecule has 1 aliphatic carbocycles. The van der Waals surface area contributed by atoms with Crippen molar-refractivity contribution in [2.45, 2.75) is 51.5 Å². The van der Waals surface area contributed by atoms with Gasteiger partial charge in [-0.15, -0.1) is 10.2 Å². The average Bonchev–Trinajstić information content (AvgIpc) is 3.18. The molecule has 5 heteroatoms. The Balaban J connectivity index is 1.52. The van der Waals surface area contributed by atoms with Crippen molar-refractivity contribution in [3.05, 3.63) is 24.3 Å². The molecule has 2 aliphatic rings. The predicted molar refractivity (Wildman–Crippen MR) is 80.7 cm³/mol. The van der Waals surface area contributed by atoms with Crippen molar-refractivity contribution in [3.8, 4) is 0 Å². The van der Waals surface area contributed by atoms with Crippen molar-refractivity contribution in [2.75, 3.05) is 13.1 Å². The number of carbonyl (C=O) groups is 1. The molecule has 0 saturated carbocycles. The first-order chi connectivity index (χ1) is 10.3. The number of aryl methyl sites for hydroxylation is 1. The Morgan fingerprint density at radius 2 is 2.14 bits per heavy atom. The van der Waals surface area contributed by atoms with E-state index in [1.807, 2.05) is 4.90 Å². The molecule has 5 nitrogen and oxygen atoms in total. The van der Waals surface area contributed by atoms with Gasteiger partial charge in [-0.2, -0.15) is 0 Å². The van der Waals surface area contributed by atoms with E-state index in [2.05, 4.69) is 33.8 Å². The zero-order chi connectivity index (χ0) is 14.7. The third-order valence-corrected chi connectivity index (χ3v) is 4.75. The van der Waals surface area contributed by atoms with E-state index in [-0.39, 0.29) is 0 Å². The molecular weight excluding hydrogens is 264 g/mol. The van der Waals surface area contributed by atoms with Gasteiger partial charge in [-0.3, -0.25) is 4.79 Å². The molecule has 1 aromatic rings. The molecule has 114 valence electrons. The molecule has 3 rings (SSSR count). The SMILES string of the molecule is CCn1cnnc1C1CCN(C(=O)C[C@@H]2C=CCC2)CC1. The predicted octanol–water partition coefficient (Wildman–Crippen LogP) is 2.36. The van der Waals surface area contributed by atoms with Gasteiger partial charge in [0.05, 0.1) is 0 Å². The lowest BCUT2D eigenvalue weighted by molar-refractivity contribution is -0.133. The molecule has 1 aliphatic heterocycles. The maximum atomic E-state index is 12.3. The van der Waals surface area contributed by atoms with E-state index in [4.69, 9.17) is 0 Å². The number of hydrogen-bond donors (Lipinski definition) is 0. The summed E-state index contributed by atoms with van der Waals surface area (Å²) in [4.78, 5) is 14.4. The molecule has 0 N–H and O–H groups in total. The minimum absolute atomic E-state index is 0.321. The summed E-state index contributed by atoms with van der Waals surface area (Å²) in [5, 5.41) is 8.28. The van der Waals surface area contributed by atoms with E-state index < -0.39 is 0 Å². The number of likely N-dealkylation sites (tertiary alicyclic amines) is 1. The Kier molecular flexibility index (Phi) is 4.36. The summed E-state index contributed by atoms with van der Waals surface area (Å²) < 4.78 is 2.12. The molecule has 1 amide bonds. The van der Waals surface area contributed by atoms with E-state index in [1.165, 1.54) is 0 Å². The van der Waals surface area contributed by atoms with E-state index in [9.17, 15) is 4.79 Å². The highest BCUT2D eigenvalue weighted by Crippen LogP contribution is 2.28. The number of piperidine rings is 1. The van der Waals surface area contributed by atoms with Crippen molar-refractivity contribution in [2.24, 2.45) is 5.92 Å². The maximum absolute atomic E-state index is 12.3. The van der Waals surface area contributed by atoms with Crippen LogP contribution in [0.15, 0.2) is 18.5 Å². The fourth-order valence-electron chi connectivity index (χ4n) is 3.43. The molecule has 21 heavy (non-hydrogen) atoms. The van der Waals surface area contributed by atoms with E-state index in [0.717, 1.165) is 51.1 Å². The second kappa shape index (κ2) is 6.41. The maximum Gasteiger partial charge on any atom is 0.223 e. The monoisotopic (exact) mass is 288 g/mol. The highest BCUT2D eigenvalue weighted by molar-refractivity contribution is 5.76. The molecule has 1 fully saturated rings. The number of hydrogen-bond acceptors (Lipinski definition) is 3. The summed E-state index contributed by atoms with van der Waals surface area (Å²) >= 11 is 0. The molecule has 0 bridgehead atoms. The van der Waals surface area contributed by atoms with Crippen LogP contribution >= 0.6 is 0 Å². The van der Waals surface area contributed by atoms with Gasteiger partial charge in [0, 0.05) is 32.0 Å². The summed E-state index contributed by atoms with van der Waals surface area (Å²) in [5.41, 5.74) is 0. The van der Waals surface area contributed by atoms with Crippen LogP contribution in [0.5, 0.6) is 0 Å².